The van der Waals surface area contributed by atoms with Crippen LogP contribution in [-0.4, -0.2) is 21.5 Å². The van der Waals surface area contributed by atoms with Crippen molar-refractivity contribution in [3.8, 4) is 0 Å². The van der Waals surface area contributed by atoms with Crippen LogP contribution in [0.25, 0.3) is 0 Å². The number of aryl methyl sites for hydroxylation is 1. The van der Waals surface area contributed by atoms with Crippen molar-refractivity contribution in [3.05, 3.63) is 52.0 Å². The van der Waals surface area contributed by atoms with E-state index in [1.54, 1.807) is 0 Å². The summed E-state index contributed by atoms with van der Waals surface area (Å²) >= 11 is 7.38. The second-order valence-electron chi connectivity index (χ2n) is 5.29. The molecule has 5 heteroatoms. The second-order valence-corrected chi connectivity index (χ2v) is 6.62. The lowest BCUT2D eigenvalue weighted by Gasteiger charge is -2.27. The zero-order valence-corrected chi connectivity index (χ0v) is 13.9. The lowest BCUT2D eigenvalue weighted by molar-refractivity contribution is 0.321. The zero-order chi connectivity index (χ0) is 14.8. The molecule has 1 N–H and O–H groups in total. The van der Waals surface area contributed by atoms with Crippen LogP contribution in [0.5, 0.6) is 0 Å². The van der Waals surface area contributed by atoms with Crippen LogP contribution in [0.4, 0.5) is 0 Å². The molecule has 1 fully saturated rings. The average Bonchev–Trinajstić information content (AvgIpc) is 3.05. The van der Waals surface area contributed by atoms with Gasteiger partial charge in [0.25, 0.3) is 0 Å². The Morgan fingerprint density at radius 2 is 2.24 bits per heavy atom. The van der Waals surface area contributed by atoms with Gasteiger partial charge in [-0.25, -0.2) is 0 Å². The highest BCUT2D eigenvalue weighted by Crippen LogP contribution is 2.41. The Labute approximate surface area is 135 Å². The van der Waals surface area contributed by atoms with Crippen molar-refractivity contribution in [1.29, 1.82) is 0 Å². The molecule has 1 aliphatic rings. The molecule has 0 radical (unpaired) electrons. The summed E-state index contributed by atoms with van der Waals surface area (Å²) in [5.41, 5.74) is 2.38. The summed E-state index contributed by atoms with van der Waals surface area (Å²) in [6.07, 6.45) is 2.93. The molecule has 1 saturated heterocycles. The number of nitrogens with zero attached hydrogens (tertiary/aromatic N) is 2. The molecule has 3 rings (SSSR count). The average molecular weight is 317 g/mol. The van der Waals surface area contributed by atoms with Crippen molar-refractivity contribution in [2.75, 3.05) is 6.54 Å². The summed E-state index contributed by atoms with van der Waals surface area (Å²) in [7, 11) is 0. The third kappa shape index (κ3) is 2.68. The molecule has 0 amide bonds. The van der Waals surface area contributed by atoms with E-state index in [0.717, 1.165) is 23.8 Å². The molecule has 0 bridgehead atoms. The van der Waals surface area contributed by atoms with Crippen molar-refractivity contribution < 1.29 is 0 Å². The monoisotopic (exact) mass is 317 g/mol. The standard InChI is InChI=1S/C16H19N3S2/c1-3-9-19-14(15-11(2)7-10-21-15)13(18-16(19)20)12-6-4-5-8-17-12/h4-8,10,13-14H,3,9H2,1-2H3,(H,18,20)/t13-,14-/m1/s1. The van der Waals surface area contributed by atoms with Gasteiger partial charge in [0.05, 0.1) is 17.8 Å². The van der Waals surface area contributed by atoms with Crippen LogP contribution in [0.3, 0.4) is 0 Å². The number of aromatic nitrogens is 1. The van der Waals surface area contributed by atoms with Gasteiger partial charge in [-0.15, -0.1) is 11.3 Å². The number of thiocarbonyl (C=S) groups is 1. The molecule has 0 unspecified atom stereocenters. The predicted molar refractivity (Wildman–Crippen MR) is 91.5 cm³/mol. The van der Waals surface area contributed by atoms with E-state index in [0.29, 0.717) is 0 Å². The van der Waals surface area contributed by atoms with E-state index >= 15 is 0 Å². The highest BCUT2D eigenvalue weighted by Gasteiger charge is 2.40. The van der Waals surface area contributed by atoms with Gasteiger partial charge in [-0.2, -0.15) is 0 Å². The first-order valence-corrected chi connectivity index (χ1v) is 8.53. The van der Waals surface area contributed by atoms with Crippen LogP contribution >= 0.6 is 23.6 Å². The van der Waals surface area contributed by atoms with Gasteiger partial charge < -0.3 is 10.2 Å². The molecule has 0 aliphatic carbocycles. The molecule has 0 saturated carbocycles. The van der Waals surface area contributed by atoms with Crippen LogP contribution in [0, 0.1) is 6.92 Å². The Bertz CT molecular complexity index is 623. The van der Waals surface area contributed by atoms with Gasteiger partial charge in [0.15, 0.2) is 5.11 Å². The fraction of sp³-hybridized carbons (Fsp3) is 0.375. The number of thiophene rings is 1. The maximum atomic E-state index is 5.57. The van der Waals surface area contributed by atoms with E-state index in [1.165, 1.54) is 10.4 Å². The lowest BCUT2D eigenvalue weighted by atomic mass is 10.0. The third-order valence-corrected chi connectivity index (χ3v) is 5.27. The van der Waals surface area contributed by atoms with Crippen molar-refractivity contribution in [1.82, 2.24) is 15.2 Å². The summed E-state index contributed by atoms with van der Waals surface area (Å²) in [5.74, 6) is 0. The van der Waals surface area contributed by atoms with Crippen LogP contribution < -0.4 is 5.32 Å². The summed E-state index contributed by atoms with van der Waals surface area (Å²) in [4.78, 5) is 8.23. The molecule has 0 spiro atoms. The number of rotatable bonds is 4. The van der Waals surface area contributed by atoms with Crippen molar-refractivity contribution in [2.24, 2.45) is 0 Å². The molecular formula is C16H19N3S2. The lowest BCUT2D eigenvalue weighted by Crippen LogP contribution is -2.30. The topological polar surface area (TPSA) is 28.2 Å². The van der Waals surface area contributed by atoms with Gasteiger partial charge >= 0.3 is 0 Å². The van der Waals surface area contributed by atoms with Crippen molar-refractivity contribution in [2.45, 2.75) is 32.4 Å². The Morgan fingerprint density at radius 3 is 2.86 bits per heavy atom. The summed E-state index contributed by atoms with van der Waals surface area (Å²) < 4.78 is 0. The highest BCUT2D eigenvalue weighted by atomic mass is 32.1. The van der Waals surface area contributed by atoms with Crippen LogP contribution in [0.15, 0.2) is 35.8 Å². The van der Waals surface area contributed by atoms with E-state index in [2.05, 4.69) is 46.6 Å². The van der Waals surface area contributed by atoms with E-state index < -0.39 is 0 Å². The van der Waals surface area contributed by atoms with Crippen LogP contribution in [-0.2, 0) is 0 Å². The largest absolute Gasteiger partial charge is 0.352 e. The van der Waals surface area contributed by atoms with Crippen LogP contribution in [0.2, 0.25) is 0 Å². The van der Waals surface area contributed by atoms with Gasteiger partial charge in [0.1, 0.15) is 0 Å². The van der Waals surface area contributed by atoms with Crippen LogP contribution in [0.1, 0.15) is 41.6 Å². The summed E-state index contributed by atoms with van der Waals surface area (Å²) in [6.45, 7) is 5.33. The van der Waals surface area contributed by atoms with E-state index in [1.807, 2.05) is 29.7 Å². The summed E-state index contributed by atoms with van der Waals surface area (Å²) in [6, 6.07) is 8.61. The van der Waals surface area contributed by atoms with Gasteiger partial charge in [-0.05, 0) is 54.7 Å². The number of hydrogen-bond donors (Lipinski definition) is 1. The minimum Gasteiger partial charge on any atom is -0.352 e. The first kappa shape index (κ1) is 14.5. The smallest absolute Gasteiger partial charge is 0.170 e. The van der Waals surface area contributed by atoms with E-state index in [-0.39, 0.29) is 12.1 Å². The predicted octanol–water partition coefficient (Wildman–Crippen LogP) is 3.83. The van der Waals surface area contributed by atoms with Gasteiger partial charge in [-0.1, -0.05) is 13.0 Å². The third-order valence-electron chi connectivity index (χ3n) is 3.83. The SMILES string of the molecule is CCCN1C(=S)N[C@H](c2ccccn2)[C@@H]1c1sccc1C. The highest BCUT2D eigenvalue weighted by molar-refractivity contribution is 7.80. The second kappa shape index (κ2) is 6.12. The first-order valence-electron chi connectivity index (χ1n) is 7.24. The molecule has 21 heavy (non-hydrogen) atoms. The molecule has 2 aromatic rings. The molecule has 2 aromatic heterocycles. The first-order chi connectivity index (χ1) is 10.2. The Hall–Kier alpha value is -1.46. The minimum absolute atomic E-state index is 0.127. The number of nitrogens with one attached hydrogen (secondary N) is 1. The number of pyridine rings is 1. The zero-order valence-electron chi connectivity index (χ0n) is 12.2. The van der Waals surface area contributed by atoms with E-state index in [4.69, 9.17) is 12.2 Å². The Kier molecular flexibility index (Phi) is 4.22. The van der Waals surface area contributed by atoms with Gasteiger partial charge in [0.2, 0.25) is 0 Å². The molecule has 3 heterocycles. The summed E-state index contributed by atoms with van der Waals surface area (Å²) in [5, 5.41) is 6.47. The molecule has 0 aromatic carbocycles. The van der Waals surface area contributed by atoms with Gasteiger partial charge in [-0.3, -0.25) is 4.98 Å². The van der Waals surface area contributed by atoms with Crippen molar-refractivity contribution >= 4 is 28.7 Å². The fourth-order valence-electron chi connectivity index (χ4n) is 2.86. The Balaban J connectivity index is 2.03. The van der Waals surface area contributed by atoms with E-state index in [9.17, 15) is 0 Å². The molecule has 2 atom stereocenters. The van der Waals surface area contributed by atoms with Crippen molar-refractivity contribution in [3.63, 3.8) is 0 Å². The molecule has 1 aliphatic heterocycles. The Morgan fingerprint density at radius 1 is 1.38 bits per heavy atom. The number of hydrogen-bond acceptors (Lipinski definition) is 3. The quantitative estimate of drug-likeness (QED) is 0.867. The normalized spacial score (nSPS) is 21.6. The maximum Gasteiger partial charge on any atom is 0.170 e. The van der Waals surface area contributed by atoms with Gasteiger partial charge in [0, 0.05) is 17.6 Å². The molecule has 3 nitrogen and oxygen atoms in total. The molecule has 110 valence electrons. The maximum absolute atomic E-state index is 5.57. The minimum atomic E-state index is 0.127. The fourth-order valence-corrected chi connectivity index (χ4v) is 4.27. The molecular weight excluding hydrogens is 298 g/mol.